The molecule has 1 aromatic carbocycles. The van der Waals surface area contributed by atoms with Gasteiger partial charge in [-0.25, -0.2) is 4.79 Å². The van der Waals surface area contributed by atoms with Gasteiger partial charge in [-0.15, -0.1) is 0 Å². The van der Waals surface area contributed by atoms with E-state index in [9.17, 15) is 24.5 Å². The topological polar surface area (TPSA) is 113 Å². The smallest absolute Gasteiger partial charge is 0.487 e. The average Bonchev–Trinajstić information content (AvgIpc) is 2.98. The van der Waals surface area contributed by atoms with Gasteiger partial charge in [0.25, 0.3) is 0 Å². The SMILES string of the molecule is CCCC1=C2B(O)O[C@H](c3ccc(O)cc3)C[C@H]2[C@H]2C(=O)N(C(=O)OC)C(=O)[C@H]2C1. The number of nitrogens with zero attached hydrogens (tertiary/aromatic N) is 1. The number of benzene rings is 1. The molecular weight excluding hydrogens is 389 g/mol. The van der Waals surface area contributed by atoms with Crippen LogP contribution in [0.3, 0.4) is 0 Å². The van der Waals surface area contributed by atoms with E-state index in [1.165, 1.54) is 12.1 Å². The predicted octanol–water partition coefficient (Wildman–Crippen LogP) is 2.36. The van der Waals surface area contributed by atoms with E-state index in [1.807, 2.05) is 6.92 Å². The highest BCUT2D eigenvalue weighted by Gasteiger charge is 2.59. The molecule has 2 N–H and O–H groups in total. The summed E-state index contributed by atoms with van der Waals surface area (Å²) in [4.78, 5) is 38.7. The maximum Gasteiger partial charge on any atom is 0.487 e. The summed E-state index contributed by atoms with van der Waals surface area (Å²) >= 11 is 0. The number of imide groups is 3. The van der Waals surface area contributed by atoms with Crippen molar-refractivity contribution in [2.24, 2.45) is 17.8 Å². The third-order valence-electron chi connectivity index (χ3n) is 6.39. The number of ether oxygens (including phenoxy) is 1. The number of methoxy groups -OCH3 is 1. The summed E-state index contributed by atoms with van der Waals surface area (Å²) in [6.07, 6.45) is 0.734. The average molecular weight is 413 g/mol. The van der Waals surface area contributed by atoms with Crippen molar-refractivity contribution in [1.82, 2.24) is 4.90 Å². The number of phenols is 1. The predicted molar refractivity (Wildman–Crippen MR) is 106 cm³/mol. The number of aromatic hydroxyl groups is 1. The monoisotopic (exact) mass is 413 g/mol. The number of rotatable bonds is 3. The Bertz CT molecular complexity index is 912. The van der Waals surface area contributed by atoms with Gasteiger partial charge in [-0.1, -0.05) is 31.1 Å². The normalized spacial score (nSPS) is 28.5. The Morgan fingerprint density at radius 3 is 2.57 bits per heavy atom. The number of amides is 3. The minimum atomic E-state index is -1.19. The molecule has 4 rings (SSSR count). The first-order chi connectivity index (χ1) is 14.4. The first kappa shape index (κ1) is 20.6. The lowest BCUT2D eigenvalue weighted by molar-refractivity contribution is -0.137. The zero-order valence-corrected chi connectivity index (χ0v) is 16.9. The van der Waals surface area contributed by atoms with E-state index in [-0.39, 0.29) is 5.75 Å². The molecule has 1 aromatic rings. The van der Waals surface area contributed by atoms with Crippen LogP contribution in [0.25, 0.3) is 0 Å². The maximum atomic E-state index is 13.1. The first-order valence-electron chi connectivity index (χ1n) is 10.2. The molecular formula is C21H24BNO7. The Morgan fingerprint density at radius 1 is 1.23 bits per heavy atom. The summed E-state index contributed by atoms with van der Waals surface area (Å²) < 4.78 is 10.5. The summed E-state index contributed by atoms with van der Waals surface area (Å²) in [6.45, 7) is 2.01. The maximum absolute atomic E-state index is 13.1. The van der Waals surface area contributed by atoms with Gasteiger partial charge in [-0.05, 0) is 48.3 Å². The second-order valence-corrected chi connectivity index (χ2v) is 8.04. The van der Waals surface area contributed by atoms with Gasteiger partial charge in [0, 0.05) is 0 Å². The van der Waals surface area contributed by atoms with Gasteiger partial charge in [0.15, 0.2) is 0 Å². The minimum absolute atomic E-state index is 0.115. The van der Waals surface area contributed by atoms with Crippen LogP contribution < -0.4 is 0 Å². The van der Waals surface area contributed by atoms with Gasteiger partial charge in [-0.3, -0.25) is 9.59 Å². The fraction of sp³-hybridized carbons (Fsp3) is 0.476. The van der Waals surface area contributed by atoms with Gasteiger partial charge in [0.05, 0.1) is 25.0 Å². The van der Waals surface area contributed by atoms with E-state index < -0.39 is 48.9 Å². The second-order valence-electron chi connectivity index (χ2n) is 8.04. The minimum Gasteiger partial charge on any atom is -0.508 e. The Hall–Kier alpha value is -2.65. The van der Waals surface area contributed by atoms with Crippen LogP contribution in [0.15, 0.2) is 35.3 Å². The van der Waals surface area contributed by atoms with Crippen LogP contribution in [0, 0.1) is 17.8 Å². The molecule has 2 saturated heterocycles. The third-order valence-corrected chi connectivity index (χ3v) is 6.39. The summed E-state index contributed by atoms with van der Waals surface area (Å²) in [7, 11) is -0.0593. The van der Waals surface area contributed by atoms with E-state index in [0.717, 1.165) is 24.7 Å². The first-order valence-corrected chi connectivity index (χ1v) is 10.2. The van der Waals surface area contributed by atoms with Gasteiger partial charge < -0.3 is 19.5 Å². The number of fused-ring (bicyclic) bond motifs is 3. The van der Waals surface area contributed by atoms with Crippen LogP contribution >= 0.6 is 0 Å². The van der Waals surface area contributed by atoms with Crippen LogP contribution in [-0.2, 0) is 19.0 Å². The van der Waals surface area contributed by atoms with Crippen LogP contribution in [0.2, 0.25) is 0 Å². The number of allylic oxidation sites excluding steroid dienone is 2. The Balaban J connectivity index is 1.74. The molecule has 2 aliphatic heterocycles. The lowest BCUT2D eigenvalue weighted by Crippen LogP contribution is -2.45. The molecule has 2 fully saturated rings. The summed E-state index contributed by atoms with van der Waals surface area (Å²) in [5, 5.41) is 20.4. The number of phenolic OH excluding ortho intramolecular Hbond substituents is 1. The fourth-order valence-corrected chi connectivity index (χ4v) is 5.12. The molecule has 158 valence electrons. The van der Waals surface area contributed by atoms with E-state index >= 15 is 0 Å². The van der Waals surface area contributed by atoms with Crippen molar-refractivity contribution >= 4 is 25.0 Å². The van der Waals surface area contributed by atoms with Crippen LogP contribution in [0.1, 0.15) is 44.3 Å². The van der Waals surface area contributed by atoms with Gasteiger partial charge >= 0.3 is 13.2 Å². The standard InChI is InChI=1S/C21H24BNO7/c1-3-4-12-9-15-17(20(26)23(19(15)25)21(27)29-2)14-10-16(30-22(28)18(12)14)11-5-7-13(24)8-6-11/h5-8,14-17,24,28H,3-4,9-10H2,1-2H3/t14-,15-,16-,17+/m0/s1. The summed E-state index contributed by atoms with van der Waals surface area (Å²) in [6, 6.07) is 6.48. The molecule has 9 heteroatoms. The lowest BCUT2D eigenvalue weighted by Gasteiger charge is -2.42. The van der Waals surface area contributed by atoms with Crippen molar-refractivity contribution in [3.63, 3.8) is 0 Å². The van der Waals surface area contributed by atoms with Gasteiger partial charge in [0.2, 0.25) is 11.8 Å². The highest BCUT2D eigenvalue weighted by atomic mass is 16.5. The molecule has 0 radical (unpaired) electrons. The molecule has 0 spiro atoms. The van der Waals surface area contributed by atoms with Crippen molar-refractivity contribution in [2.45, 2.75) is 38.7 Å². The molecule has 1 aliphatic carbocycles. The van der Waals surface area contributed by atoms with Crippen molar-refractivity contribution in [1.29, 1.82) is 0 Å². The highest BCUT2D eigenvalue weighted by molar-refractivity contribution is 6.53. The molecule has 0 saturated carbocycles. The number of hydrogen-bond acceptors (Lipinski definition) is 7. The van der Waals surface area contributed by atoms with E-state index in [1.54, 1.807) is 12.1 Å². The number of carbonyl (C=O) groups is 3. The Morgan fingerprint density at radius 2 is 1.93 bits per heavy atom. The van der Waals surface area contributed by atoms with E-state index in [2.05, 4.69) is 4.74 Å². The van der Waals surface area contributed by atoms with Crippen LogP contribution in [0.5, 0.6) is 5.75 Å². The largest absolute Gasteiger partial charge is 0.508 e. The summed E-state index contributed by atoms with van der Waals surface area (Å²) in [5.41, 5.74) is 2.35. The molecule has 2 heterocycles. The Kier molecular flexibility index (Phi) is 5.42. The lowest BCUT2D eigenvalue weighted by atomic mass is 9.54. The molecule has 8 nitrogen and oxygen atoms in total. The molecule has 0 bridgehead atoms. The molecule has 3 aliphatic rings. The van der Waals surface area contributed by atoms with Crippen LogP contribution in [-0.4, -0.2) is 47.2 Å². The van der Waals surface area contributed by atoms with Gasteiger partial charge in [-0.2, -0.15) is 4.90 Å². The molecule has 4 atom stereocenters. The van der Waals surface area contributed by atoms with E-state index in [0.29, 0.717) is 29.6 Å². The Labute approximate surface area is 174 Å². The summed E-state index contributed by atoms with van der Waals surface area (Å²) in [5.74, 6) is -2.79. The molecule has 30 heavy (non-hydrogen) atoms. The zero-order chi connectivity index (χ0) is 21.6. The van der Waals surface area contributed by atoms with Crippen molar-refractivity contribution in [3.8, 4) is 5.75 Å². The zero-order valence-electron chi connectivity index (χ0n) is 16.9. The van der Waals surface area contributed by atoms with Crippen molar-refractivity contribution < 1.29 is 33.9 Å². The molecule has 3 amide bonds. The number of hydrogen-bond donors (Lipinski definition) is 2. The highest BCUT2D eigenvalue weighted by Crippen LogP contribution is 2.52. The van der Waals surface area contributed by atoms with Crippen molar-refractivity contribution in [2.75, 3.05) is 7.11 Å². The van der Waals surface area contributed by atoms with E-state index in [4.69, 9.17) is 4.65 Å². The quantitative estimate of drug-likeness (QED) is 0.578. The molecule has 0 unspecified atom stereocenters. The molecule has 0 aromatic heterocycles. The second kappa shape index (κ2) is 7.88. The van der Waals surface area contributed by atoms with Crippen LogP contribution in [0.4, 0.5) is 4.79 Å². The van der Waals surface area contributed by atoms with Crippen molar-refractivity contribution in [3.05, 3.63) is 40.9 Å². The number of likely N-dealkylation sites (tertiary alicyclic amines) is 1. The third kappa shape index (κ3) is 3.22. The fourth-order valence-electron chi connectivity index (χ4n) is 5.12. The van der Waals surface area contributed by atoms with Gasteiger partial charge in [0.1, 0.15) is 5.75 Å². The number of carbonyl (C=O) groups excluding carboxylic acids is 3.